The van der Waals surface area contributed by atoms with Crippen molar-refractivity contribution in [3.63, 3.8) is 0 Å². The van der Waals surface area contributed by atoms with Crippen molar-refractivity contribution in [3.8, 4) is 5.75 Å². The Morgan fingerprint density at radius 3 is 2.95 bits per heavy atom. The highest BCUT2D eigenvalue weighted by Crippen LogP contribution is 2.19. The van der Waals surface area contributed by atoms with Gasteiger partial charge in [0.05, 0.1) is 12.7 Å². The van der Waals surface area contributed by atoms with Gasteiger partial charge in [-0.2, -0.15) is 0 Å². The van der Waals surface area contributed by atoms with Crippen molar-refractivity contribution in [1.29, 1.82) is 0 Å². The highest BCUT2D eigenvalue weighted by molar-refractivity contribution is 5.89. The lowest BCUT2D eigenvalue weighted by Crippen LogP contribution is -2.06. The Kier molecular flexibility index (Phi) is 3.74. The van der Waals surface area contributed by atoms with Crippen LogP contribution in [0.4, 0.5) is 0 Å². The minimum absolute atomic E-state index is 0.190. The molecule has 0 fully saturated rings. The summed E-state index contributed by atoms with van der Waals surface area (Å²) in [6.07, 6.45) is 3.18. The summed E-state index contributed by atoms with van der Waals surface area (Å²) in [5.41, 5.74) is 3.04. The minimum atomic E-state index is -0.393. The third kappa shape index (κ3) is 2.76. The van der Waals surface area contributed by atoms with Crippen LogP contribution in [0.2, 0.25) is 0 Å². The van der Waals surface area contributed by atoms with E-state index >= 15 is 0 Å². The molecule has 0 aliphatic heterocycles. The number of aryl methyl sites for hydroxylation is 1. The molecule has 0 saturated heterocycles. The normalized spacial score (nSPS) is 10.6. The number of pyridine rings is 1. The molecule has 22 heavy (non-hydrogen) atoms. The summed E-state index contributed by atoms with van der Waals surface area (Å²) >= 11 is 0. The van der Waals surface area contributed by atoms with Crippen LogP contribution >= 0.6 is 0 Å². The number of nitrogens with zero attached hydrogens (tertiary/aromatic N) is 3. The van der Waals surface area contributed by atoms with Crippen LogP contribution in [0.25, 0.3) is 5.65 Å². The van der Waals surface area contributed by atoms with Crippen LogP contribution in [0, 0.1) is 6.92 Å². The molecule has 0 aliphatic rings. The van der Waals surface area contributed by atoms with Gasteiger partial charge in [-0.25, -0.2) is 4.79 Å². The highest BCUT2D eigenvalue weighted by Gasteiger charge is 2.09. The predicted molar refractivity (Wildman–Crippen MR) is 79.8 cm³/mol. The fraction of sp³-hybridized carbons (Fsp3) is 0.188. The van der Waals surface area contributed by atoms with Gasteiger partial charge in [0.15, 0.2) is 5.65 Å². The Morgan fingerprint density at radius 2 is 2.14 bits per heavy atom. The summed E-state index contributed by atoms with van der Waals surface area (Å²) in [4.78, 5) is 12.1. The summed E-state index contributed by atoms with van der Waals surface area (Å²) in [6.45, 7) is 2.15. The summed E-state index contributed by atoms with van der Waals surface area (Å²) in [7, 11) is 1.62. The Bertz CT molecular complexity index is 826. The first-order chi connectivity index (χ1) is 10.7. The fourth-order valence-corrected chi connectivity index (χ4v) is 2.13. The topological polar surface area (TPSA) is 65.7 Å². The molecule has 2 aromatic heterocycles. The van der Waals surface area contributed by atoms with E-state index in [-0.39, 0.29) is 6.61 Å². The van der Waals surface area contributed by atoms with Gasteiger partial charge in [0.2, 0.25) is 0 Å². The van der Waals surface area contributed by atoms with Gasteiger partial charge in [-0.1, -0.05) is 12.1 Å². The van der Waals surface area contributed by atoms with Crippen LogP contribution in [0.15, 0.2) is 42.9 Å². The third-order valence-corrected chi connectivity index (χ3v) is 3.37. The average molecular weight is 297 g/mol. The van der Waals surface area contributed by atoms with Crippen molar-refractivity contribution in [3.05, 3.63) is 59.5 Å². The molecule has 0 bridgehead atoms. The van der Waals surface area contributed by atoms with Gasteiger partial charge < -0.3 is 9.47 Å². The summed E-state index contributed by atoms with van der Waals surface area (Å²) < 4.78 is 12.3. The molecule has 0 N–H and O–H groups in total. The molecular formula is C16H15N3O3. The largest absolute Gasteiger partial charge is 0.496 e. The maximum atomic E-state index is 12.1. The van der Waals surface area contributed by atoms with Crippen molar-refractivity contribution >= 4 is 11.6 Å². The van der Waals surface area contributed by atoms with E-state index in [2.05, 4.69) is 10.2 Å². The van der Waals surface area contributed by atoms with E-state index < -0.39 is 5.97 Å². The lowest BCUT2D eigenvalue weighted by Gasteiger charge is -2.09. The van der Waals surface area contributed by atoms with E-state index in [9.17, 15) is 4.79 Å². The van der Waals surface area contributed by atoms with Crippen LogP contribution in [0.5, 0.6) is 5.75 Å². The molecule has 6 heteroatoms. The highest BCUT2D eigenvalue weighted by atomic mass is 16.5. The van der Waals surface area contributed by atoms with Crippen LogP contribution in [-0.2, 0) is 11.3 Å². The Labute approximate surface area is 127 Å². The van der Waals surface area contributed by atoms with Gasteiger partial charge in [0, 0.05) is 6.20 Å². The molecule has 2 heterocycles. The fourth-order valence-electron chi connectivity index (χ4n) is 2.13. The third-order valence-electron chi connectivity index (χ3n) is 3.37. The van der Waals surface area contributed by atoms with E-state index in [1.807, 2.05) is 25.1 Å². The van der Waals surface area contributed by atoms with Crippen LogP contribution in [-0.4, -0.2) is 27.7 Å². The van der Waals surface area contributed by atoms with E-state index in [0.717, 1.165) is 16.9 Å². The molecule has 112 valence electrons. The monoisotopic (exact) mass is 297 g/mol. The zero-order valence-corrected chi connectivity index (χ0v) is 12.3. The van der Waals surface area contributed by atoms with E-state index in [1.165, 1.54) is 6.33 Å². The van der Waals surface area contributed by atoms with Crippen LogP contribution in [0.3, 0.4) is 0 Å². The SMILES string of the molecule is COc1cc(COC(=O)c2ccc3nncn3c2)ccc1C. The Balaban J connectivity index is 1.71. The van der Waals surface area contributed by atoms with Crippen molar-refractivity contribution in [1.82, 2.24) is 14.6 Å². The van der Waals surface area contributed by atoms with Gasteiger partial charge in [0.25, 0.3) is 0 Å². The number of hydrogen-bond donors (Lipinski definition) is 0. The Morgan fingerprint density at radius 1 is 1.27 bits per heavy atom. The predicted octanol–water partition coefficient (Wildman–Crippen LogP) is 2.40. The number of ether oxygens (including phenoxy) is 2. The first kappa shape index (κ1) is 14.1. The van der Waals surface area contributed by atoms with Gasteiger partial charge >= 0.3 is 5.97 Å². The first-order valence-electron chi connectivity index (χ1n) is 6.77. The van der Waals surface area contributed by atoms with Crippen molar-refractivity contribution in [2.45, 2.75) is 13.5 Å². The standard InChI is InChI=1S/C16H15N3O3/c1-11-3-4-12(7-14(11)21-2)9-22-16(20)13-5-6-15-18-17-10-19(15)8-13/h3-8,10H,9H2,1-2H3. The molecular weight excluding hydrogens is 282 g/mol. The number of fused-ring (bicyclic) bond motifs is 1. The molecule has 0 spiro atoms. The van der Waals surface area contributed by atoms with Gasteiger partial charge in [-0.05, 0) is 36.2 Å². The minimum Gasteiger partial charge on any atom is -0.496 e. The number of hydrogen-bond acceptors (Lipinski definition) is 5. The van der Waals surface area contributed by atoms with Crippen LogP contribution in [0.1, 0.15) is 21.5 Å². The molecule has 3 rings (SSSR count). The quantitative estimate of drug-likeness (QED) is 0.692. The van der Waals surface area contributed by atoms with Crippen molar-refractivity contribution < 1.29 is 14.3 Å². The Hall–Kier alpha value is -2.89. The average Bonchev–Trinajstić information content (AvgIpc) is 3.01. The number of aromatic nitrogens is 3. The molecule has 0 saturated carbocycles. The lowest BCUT2D eigenvalue weighted by molar-refractivity contribution is 0.0472. The molecule has 0 aliphatic carbocycles. The molecule has 0 unspecified atom stereocenters. The maximum absolute atomic E-state index is 12.1. The van der Waals surface area contributed by atoms with E-state index in [4.69, 9.17) is 9.47 Å². The summed E-state index contributed by atoms with van der Waals surface area (Å²) in [5.74, 6) is 0.384. The molecule has 0 radical (unpaired) electrons. The zero-order valence-electron chi connectivity index (χ0n) is 12.3. The number of esters is 1. The van der Waals surface area contributed by atoms with Crippen molar-refractivity contribution in [2.75, 3.05) is 7.11 Å². The number of rotatable bonds is 4. The zero-order chi connectivity index (χ0) is 15.5. The number of carbonyl (C=O) groups excluding carboxylic acids is 1. The molecule has 6 nitrogen and oxygen atoms in total. The molecule has 0 atom stereocenters. The van der Waals surface area contributed by atoms with Gasteiger partial charge in [0.1, 0.15) is 18.7 Å². The van der Waals surface area contributed by atoms with Crippen LogP contribution < -0.4 is 4.74 Å². The van der Waals surface area contributed by atoms with Gasteiger partial charge in [-0.3, -0.25) is 4.40 Å². The summed E-state index contributed by atoms with van der Waals surface area (Å²) in [5, 5.41) is 7.66. The summed E-state index contributed by atoms with van der Waals surface area (Å²) in [6, 6.07) is 9.10. The second-order valence-electron chi connectivity index (χ2n) is 4.89. The number of benzene rings is 1. The lowest BCUT2D eigenvalue weighted by atomic mass is 10.1. The number of methoxy groups -OCH3 is 1. The first-order valence-corrected chi connectivity index (χ1v) is 6.77. The van der Waals surface area contributed by atoms with E-state index in [0.29, 0.717) is 11.2 Å². The maximum Gasteiger partial charge on any atom is 0.339 e. The second-order valence-corrected chi connectivity index (χ2v) is 4.89. The van der Waals surface area contributed by atoms with Gasteiger partial charge in [-0.15, -0.1) is 10.2 Å². The number of carbonyl (C=O) groups is 1. The smallest absolute Gasteiger partial charge is 0.339 e. The van der Waals surface area contributed by atoms with E-state index in [1.54, 1.807) is 29.8 Å². The molecule has 1 aromatic carbocycles. The molecule has 0 amide bonds. The molecule has 3 aromatic rings. The second kappa shape index (κ2) is 5.85. The van der Waals surface area contributed by atoms with Crippen molar-refractivity contribution in [2.24, 2.45) is 0 Å².